The van der Waals surface area contributed by atoms with Gasteiger partial charge >= 0.3 is 0 Å². The molecule has 152 valence electrons. The van der Waals surface area contributed by atoms with Gasteiger partial charge in [-0.1, -0.05) is 23.7 Å². The molecule has 1 aromatic carbocycles. The van der Waals surface area contributed by atoms with Gasteiger partial charge in [0.25, 0.3) is 10.0 Å². The van der Waals surface area contributed by atoms with E-state index in [1.807, 2.05) is 11.8 Å². The number of nitrogens with zero attached hydrogens (tertiary/aromatic N) is 3. The van der Waals surface area contributed by atoms with Gasteiger partial charge in [-0.25, -0.2) is 0 Å². The van der Waals surface area contributed by atoms with Gasteiger partial charge in [0.1, 0.15) is 17.3 Å². The molecule has 2 aliphatic rings. The van der Waals surface area contributed by atoms with Gasteiger partial charge in [-0.15, -0.1) is 4.40 Å². The molecule has 0 aliphatic carbocycles. The van der Waals surface area contributed by atoms with Gasteiger partial charge < -0.3 is 14.5 Å². The van der Waals surface area contributed by atoms with E-state index in [2.05, 4.69) is 4.40 Å². The first-order valence-electron chi connectivity index (χ1n) is 9.26. The summed E-state index contributed by atoms with van der Waals surface area (Å²) >= 11 is 5.92. The molecule has 0 bridgehead atoms. The number of amidine groups is 1. The summed E-state index contributed by atoms with van der Waals surface area (Å²) in [4.78, 5) is 16.1. The molecule has 1 amide bonds. The Bertz CT molecular complexity index is 910. The summed E-state index contributed by atoms with van der Waals surface area (Å²) in [6.07, 6.45) is 0.737. The molecule has 0 saturated carbocycles. The van der Waals surface area contributed by atoms with Gasteiger partial charge in [0.2, 0.25) is 5.91 Å². The number of hydrogen-bond acceptors (Lipinski definition) is 5. The zero-order valence-electron chi connectivity index (χ0n) is 16.0. The number of ether oxygens (including phenoxy) is 1. The minimum absolute atomic E-state index is 0.0428. The SMILES string of the molecule is CCOCC(=O)N1CCCN(C2=NS(=O)(=O)C(c3ccc(Cl)cc3)=C2C)CC1. The van der Waals surface area contributed by atoms with Gasteiger partial charge in [-0.3, -0.25) is 4.79 Å². The van der Waals surface area contributed by atoms with Gasteiger partial charge in [-0.2, -0.15) is 8.42 Å². The van der Waals surface area contributed by atoms with Gasteiger partial charge in [0.15, 0.2) is 0 Å². The number of carbonyl (C=O) groups excluding carboxylic acids is 1. The zero-order valence-corrected chi connectivity index (χ0v) is 17.6. The van der Waals surface area contributed by atoms with E-state index in [0.717, 1.165) is 6.42 Å². The fourth-order valence-corrected chi connectivity index (χ4v) is 5.05. The molecule has 0 atom stereocenters. The fraction of sp³-hybridized carbons (Fsp3) is 0.474. The molecule has 2 heterocycles. The van der Waals surface area contributed by atoms with Crippen molar-refractivity contribution in [2.75, 3.05) is 39.4 Å². The average Bonchev–Trinajstić information content (AvgIpc) is 2.83. The summed E-state index contributed by atoms with van der Waals surface area (Å²) in [5.41, 5.74) is 1.19. The lowest BCUT2D eigenvalue weighted by atomic mass is 10.1. The Morgan fingerprint density at radius 2 is 1.89 bits per heavy atom. The molecule has 0 spiro atoms. The van der Waals surface area contributed by atoms with Crippen LogP contribution in [-0.4, -0.2) is 69.4 Å². The lowest BCUT2D eigenvalue weighted by Crippen LogP contribution is -2.38. The van der Waals surface area contributed by atoms with Crippen molar-refractivity contribution >= 4 is 38.3 Å². The van der Waals surface area contributed by atoms with Crippen LogP contribution >= 0.6 is 11.6 Å². The molecule has 1 saturated heterocycles. The van der Waals surface area contributed by atoms with Crippen LogP contribution in [0.4, 0.5) is 0 Å². The van der Waals surface area contributed by atoms with Gasteiger partial charge in [-0.05, 0) is 38.0 Å². The summed E-state index contributed by atoms with van der Waals surface area (Å²) < 4.78 is 34.7. The predicted octanol–water partition coefficient (Wildman–Crippen LogP) is 2.38. The van der Waals surface area contributed by atoms with E-state index in [4.69, 9.17) is 16.3 Å². The molecular formula is C19H24ClN3O4S. The van der Waals surface area contributed by atoms with Crippen molar-refractivity contribution in [1.29, 1.82) is 0 Å². The van der Waals surface area contributed by atoms with Crippen molar-refractivity contribution in [1.82, 2.24) is 9.80 Å². The Morgan fingerprint density at radius 3 is 2.57 bits per heavy atom. The highest BCUT2D eigenvalue weighted by Gasteiger charge is 2.34. The highest BCUT2D eigenvalue weighted by molar-refractivity contribution is 8.00. The molecule has 0 aromatic heterocycles. The van der Waals surface area contributed by atoms with Crippen molar-refractivity contribution in [3.63, 3.8) is 0 Å². The number of benzene rings is 1. The Labute approximate surface area is 170 Å². The maximum absolute atomic E-state index is 12.7. The summed E-state index contributed by atoms with van der Waals surface area (Å²) in [5, 5.41) is 0.544. The van der Waals surface area contributed by atoms with Crippen LogP contribution in [-0.2, 0) is 19.6 Å². The van der Waals surface area contributed by atoms with Crippen molar-refractivity contribution in [2.45, 2.75) is 20.3 Å². The fourth-order valence-electron chi connectivity index (χ4n) is 3.44. The predicted molar refractivity (Wildman–Crippen MR) is 110 cm³/mol. The molecule has 0 N–H and O–H groups in total. The normalized spacial score (nSPS) is 19.6. The lowest BCUT2D eigenvalue weighted by molar-refractivity contribution is -0.135. The third kappa shape index (κ3) is 4.39. The maximum Gasteiger partial charge on any atom is 0.285 e. The molecule has 1 aromatic rings. The first-order chi connectivity index (χ1) is 13.3. The minimum Gasteiger partial charge on any atom is -0.372 e. The summed E-state index contributed by atoms with van der Waals surface area (Å²) in [6.45, 7) is 6.49. The lowest BCUT2D eigenvalue weighted by Gasteiger charge is -2.23. The monoisotopic (exact) mass is 425 g/mol. The van der Waals surface area contributed by atoms with E-state index in [1.165, 1.54) is 0 Å². The van der Waals surface area contributed by atoms with Crippen molar-refractivity contribution in [3.8, 4) is 0 Å². The van der Waals surface area contributed by atoms with E-state index < -0.39 is 10.0 Å². The van der Waals surface area contributed by atoms with E-state index in [9.17, 15) is 13.2 Å². The molecule has 3 rings (SSSR count). The van der Waals surface area contributed by atoms with Crippen molar-refractivity contribution < 1.29 is 17.9 Å². The Balaban J connectivity index is 1.80. The van der Waals surface area contributed by atoms with Gasteiger partial charge in [0.05, 0.1) is 0 Å². The number of amides is 1. The second kappa shape index (κ2) is 8.63. The maximum atomic E-state index is 12.7. The van der Waals surface area contributed by atoms with E-state index >= 15 is 0 Å². The topological polar surface area (TPSA) is 79.3 Å². The van der Waals surface area contributed by atoms with E-state index in [1.54, 1.807) is 36.1 Å². The number of hydrogen-bond donors (Lipinski definition) is 0. The number of sulfonamides is 1. The van der Waals surface area contributed by atoms with Crippen LogP contribution in [0, 0.1) is 0 Å². The molecule has 2 aliphatic heterocycles. The van der Waals surface area contributed by atoms with Crippen LogP contribution in [0.25, 0.3) is 4.91 Å². The summed E-state index contributed by atoms with van der Waals surface area (Å²) in [5.74, 6) is 0.419. The van der Waals surface area contributed by atoms with Crippen LogP contribution in [0.1, 0.15) is 25.8 Å². The number of rotatable bonds is 4. The molecule has 28 heavy (non-hydrogen) atoms. The highest BCUT2D eigenvalue weighted by atomic mass is 35.5. The van der Waals surface area contributed by atoms with Crippen LogP contribution in [0.5, 0.6) is 0 Å². The third-order valence-corrected chi connectivity index (χ3v) is 6.55. The molecule has 0 radical (unpaired) electrons. The van der Waals surface area contributed by atoms with E-state index in [-0.39, 0.29) is 17.4 Å². The van der Waals surface area contributed by atoms with Crippen LogP contribution in [0.2, 0.25) is 5.02 Å². The Kier molecular flexibility index (Phi) is 6.42. The second-order valence-electron chi connectivity index (χ2n) is 6.71. The number of halogens is 1. The number of carbonyl (C=O) groups is 1. The minimum atomic E-state index is -3.77. The second-order valence-corrected chi connectivity index (χ2v) is 8.69. The average molecular weight is 426 g/mol. The first-order valence-corrected chi connectivity index (χ1v) is 11.1. The van der Waals surface area contributed by atoms with E-state index in [0.29, 0.717) is 54.8 Å². The standard InChI is InChI=1S/C19H24ClN3O4S/c1-3-27-13-17(24)22-9-4-10-23(12-11-22)19-14(2)18(28(25,26)21-19)15-5-7-16(20)8-6-15/h5-8H,3-4,9-13H2,1-2H3. The van der Waals surface area contributed by atoms with Crippen LogP contribution < -0.4 is 0 Å². The first kappa shape index (κ1) is 20.8. The van der Waals surface area contributed by atoms with Crippen LogP contribution in [0.15, 0.2) is 34.2 Å². The summed E-state index contributed by atoms with van der Waals surface area (Å²) in [6, 6.07) is 6.71. The smallest absolute Gasteiger partial charge is 0.285 e. The summed E-state index contributed by atoms with van der Waals surface area (Å²) in [7, 11) is -3.77. The Hall–Kier alpha value is -1.90. The van der Waals surface area contributed by atoms with Crippen molar-refractivity contribution in [2.24, 2.45) is 4.40 Å². The third-order valence-electron chi connectivity index (χ3n) is 4.82. The molecule has 1 fully saturated rings. The highest BCUT2D eigenvalue weighted by Crippen LogP contribution is 2.34. The Morgan fingerprint density at radius 1 is 1.18 bits per heavy atom. The quantitative estimate of drug-likeness (QED) is 0.740. The molecular weight excluding hydrogens is 402 g/mol. The molecule has 7 nitrogen and oxygen atoms in total. The zero-order chi connectivity index (χ0) is 20.3. The van der Waals surface area contributed by atoms with Gasteiger partial charge in [0, 0.05) is 43.4 Å². The molecule has 9 heteroatoms. The largest absolute Gasteiger partial charge is 0.372 e. The molecule has 0 unspecified atom stereocenters. The van der Waals surface area contributed by atoms with Crippen LogP contribution in [0.3, 0.4) is 0 Å². The van der Waals surface area contributed by atoms with Crippen molar-refractivity contribution in [3.05, 3.63) is 40.4 Å².